The molecule has 0 saturated heterocycles. The van der Waals surface area contributed by atoms with Crippen LogP contribution >= 0.6 is 22.9 Å². The molecule has 1 aromatic carbocycles. The average molecular weight is 295 g/mol. The molecule has 1 unspecified atom stereocenters. The molecule has 0 saturated carbocycles. The molecule has 1 N–H and O–H groups in total. The zero-order chi connectivity index (χ0) is 13.9. The van der Waals surface area contributed by atoms with E-state index in [4.69, 9.17) is 11.6 Å². The Labute approximate surface area is 121 Å². The van der Waals surface area contributed by atoms with E-state index >= 15 is 0 Å². The van der Waals surface area contributed by atoms with Gasteiger partial charge < -0.3 is 5.32 Å². The highest BCUT2D eigenvalue weighted by molar-refractivity contribution is 7.13. The van der Waals surface area contributed by atoms with Crippen molar-refractivity contribution >= 4 is 28.8 Å². The summed E-state index contributed by atoms with van der Waals surface area (Å²) >= 11 is 7.43. The highest BCUT2D eigenvalue weighted by Crippen LogP contribution is 2.23. The first-order chi connectivity index (χ1) is 9.05. The van der Waals surface area contributed by atoms with Crippen molar-refractivity contribution in [3.8, 4) is 0 Å². The van der Waals surface area contributed by atoms with Gasteiger partial charge in [0.25, 0.3) is 5.91 Å². The Bertz CT molecular complexity index is 570. The molecule has 1 heterocycles. The predicted octanol–water partition coefficient (Wildman–Crippen LogP) is 3.34. The molecule has 5 heteroatoms. The number of hydrogen-bond donors (Lipinski definition) is 1. The second-order valence-electron chi connectivity index (χ2n) is 4.53. The highest BCUT2D eigenvalue weighted by atomic mass is 35.5. The Hall–Kier alpha value is -1.39. The van der Waals surface area contributed by atoms with E-state index in [1.54, 1.807) is 6.20 Å². The van der Waals surface area contributed by atoms with Crippen LogP contribution in [0.3, 0.4) is 0 Å². The number of nitrogens with one attached hydrogen (secondary N) is 1. The third-order valence-electron chi connectivity index (χ3n) is 2.91. The Balaban J connectivity index is 2.22. The van der Waals surface area contributed by atoms with E-state index in [0.717, 1.165) is 10.6 Å². The number of rotatable bonds is 4. The van der Waals surface area contributed by atoms with Crippen molar-refractivity contribution in [1.29, 1.82) is 0 Å². The van der Waals surface area contributed by atoms with Gasteiger partial charge >= 0.3 is 0 Å². The quantitative estimate of drug-likeness (QED) is 0.879. The molecule has 2 aromatic rings. The third-order valence-corrected chi connectivity index (χ3v) is 4.36. The van der Waals surface area contributed by atoms with Crippen LogP contribution in [0.15, 0.2) is 36.5 Å². The predicted molar refractivity (Wildman–Crippen MR) is 78.8 cm³/mol. The lowest BCUT2D eigenvalue weighted by atomic mass is 9.94. The Kier molecular flexibility index (Phi) is 4.22. The van der Waals surface area contributed by atoms with Gasteiger partial charge in [-0.05, 0) is 19.4 Å². The fourth-order valence-corrected chi connectivity index (χ4v) is 2.66. The van der Waals surface area contributed by atoms with Gasteiger partial charge in [0.2, 0.25) is 0 Å². The number of halogens is 1. The smallest absolute Gasteiger partial charge is 0.263 e. The zero-order valence-electron chi connectivity index (χ0n) is 10.8. The average Bonchev–Trinajstić information content (AvgIpc) is 2.86. The molecule has 3 nitrogen and oxygen atoms in total. The van der Waals surface area contributed by atoms with E-state index in [-0.39, 0.29) is 5.91 Å². The summed E-state index contributed by atoms with van der Waals surface area (Å²) < 4.78 is 0. The lowest BCUT2D eigenvalue weighted by Crippen LogP contribution is -2.44. The van der Waals surface area contributed by atoms with Crippen LogP contribution in [0.4, 0.5) is 0 Å². The number of carbonyl (C=O) groups excluding carboxylic acids is 1. The van der Waals surface area contributed by atoms with Gasteiger partial charge in [0.1, 0.15) is 4.88 Å². The molecule has 1 atom stereocenters. The number of aromatic nitrogens is 1. The molecule has 0 fully saturated rings. The van der Waals surface area contributed by atoms with Gasteiger partial charge in [0, 0.05) is 5.88 Å². The lowest BCUT2D eigenvalue weighted by molar-refractivity contribution is 0.0917. The standard InChI is InChI=1S/C14H15ClN2OS/c1-10-16-8-12(19-10)13(18)17-14(2,9-15)11-6-4-3-5-7-11/h3-8H,9H2,1-2H3,(H,17,18). The molecule has 0 radical (unpaired) electrons. The van der Waals surface area contributed by atoms with Crippen molar-refractivity contribution in [2.75, 3.05) is 5.88 Å². The summed E-state index contributed by atoms with van der Waals surface area (Å²) in [7, 11) is 0. The molecule has 0 aliphatic carbocycles. The summed E-state index contributed by atoms with van der Waals surface area (Å²) in [6.07, 6.45) is 1.59. The number of benzene rings is 1. The van der Waals surface area contributed by atoms with Gasteiger partial charge in [-0.3, -0.25) is 4.79 Å². The van der Waals surface area contributed by atoms with Gasteiger partial charge in [0.15, 0.2) is 0 Å². The Morgan fingerprint density at radius 3 is 2.63 bits per heavy atom. The van der Waals surface area contributed by atoms with Gasteiger partial charge in [-0.2, -0.15) is 0 Å². The summed E-state index contributed by atoms with van der Waals surface area (Å²) in [5, 5.41) is 3.86. The first-order valence-corrected chi connectivity index (χ1v) is 7.27. The molecule has 0 bridgehead atoms. The molecular formula is C14H15ClN2OS. The monoisotopic (exact) mass is 294 g/mol. The number of aryl methyl sites for hydroxylation is 1. The summed E-state index contributed by atoms with van der Waals surface area (Å²) in [6, 6.07) is 9.72. The molecule has 0 spiro atoms. The summed E-state index contributed by atoms with van der Waals surface area (Å²) in [6.45, 7) is 3.79. The fraction of sp³-hybridized carbons (Fsp3) is 0.286. The maximum atomic E-state index is 12.2. The number of thiazole rings is 1. The lowest BCUT2D eigenvalue weighted by Gasteiger charge is -2.29. The Morgan fingerprint density at radius 1 is 1.42 bits per heavy atom. The normalized spacial score (nSPS) is 13.8. The molecule has 100 valence electrons. The van der Waals surface area contributed by atoms with E-state index in [0.29, 0.717) is 10.8 Å². The molecule has 0 aliphatic heterocycles. The van der Waals surface area contributed by atoms with Crippen LogP contribution in [-0.2, 0) is 5.54 Å². The van der Waals surface area contributed by atoms with E-state index in [1.165, 1.54) is 11.3 Å². The van der Waals surface area contributed by atoms with Crippen molar-refractivity contribution in [2.24, 2.45) is 0 Å². The second kappa shape index (κ2) is 5.72. The first-order valence-electron chi connectivity index (χ1n) is 5.91. The van der Waals surface area contributed by atoms with Gasteiger partial charge in [-0.1, -0.05) is 30.3 Å². The number of hydrogen-bond acceptors (Lipinski definition) is 3. The maximum Gasteiger partial charge on any atom is 0.263 e. The molecular weight excluding hydrogens is 280 g/mol. The molecule has 19 heavy (non-hydrogen) atoms. The van der Waals surface area contributed by atoms with Crippen LogP contribution in [0.5, 0.6) is 0 Å². The minimum atomic E-state index is -0.586. The van der Waals surface area contributed by atoms with E-state index < -0.39 is 5.54 Å². The minimum absolute atomic E-state index is 0.141. The highest BCUT2D eigenvalue weighted by Gasteiger charge is 2.28. The molecule has 0 aliphatic rings. The van der Waals surface area contributed by atoms with Crippen molar-refractivity contribution in [3.05, 3.63) is 52.0 Å². The number of nitrogens with zero attached hydrogens (tertiary/aromatic N) is 1. The van der Waals surface area contributed by atoms with E-state index in [9.17, 15) is 4.79 Å². The van der Waals surface area contributed by atoms with Gasteiger partial charge in [-0.25, -0.2) is 4.98 Å². The summed E-state index contributed by atoms with van der Waals surface area (Å²) in [5.74, 6) is 0.165. The maximum absolute atomic E-state index is 12.2. The van der Waals surface area contributed by atoms with Crippen molar-refractivity contribution in [2.45, 2.75) is 19.4 Å². The SMILES string of the molecule is Cc1ncc(C(=O)NC(C)(CCl)c2ccccc2)s1. The number of amides is 1. The van der Waals surface area contributed by atoms with Crippen LogP contribution in [0.1, 0.15) is 27.2 Å². The van der Waals surface area contributed by atoms with Crippen LogP contribution < -0.4 is 5.32 Å². The first kappa shape index (κ1) is 14.0. The summed E-state index contributed by atoms with van der Waals surface area (Å²) in [4.78, 5) is 16.9. The topological polar surface area (TPSA) is 42.0 Å². The van der Waals surface area contributed by atoms with E-state index in [2.05, 4.69) is 10.3 Å². The van der Waals surface area contributed by atoms with Crippen LogP contribution in [-0.4, -0.2) is 16.8 Å². The van der Waals surface area contributed by atoms with Crippen LogP contribution in [0.25, 0.3) is 0 Å². The van der Waals surface area contributed by atoms with Gasteiger partial charge in [0.05, 0.1) is 16.7 Å². The van der Waals surface area contributed by atoms with Crippen molar-refractivity contribution < 1.29 is 4.79 Å². The number of carbonyl (C=O) groups is 1. The van der Waals surface area contributed by atoms with Gasteiger partial charge in [-0.15, -0.1) is 22.9 Å². The molecule has 2 rings (SSSR count). The minimum Gasteiger partial charge on any atom is -0.341 e. The fourth-order valence-electron chi connectivity index (χ4n) is 1.77. The van der Waals surface area contributed by atoms with E-state index in [1.807, 2.05) is 44.2 Å². The van der Waals surface area contributed by atoms with Crippen molar-refractivity contribution in [3.63, 3.8) is 0 Å². The largest absolute Gasteiger partial charge is 0.341 e. The van der Waals surface area contributed by atoms with Crippen molar-refractivity contribution in [1.82, 2.24) is 10.3 Å². The second-order valence-corrected chi connectivity index (χ2v) is 6.03. The molecule has 1 amide bonds. The zero-order valence-corrected chi connectivity index (χ0v) is 12.4. The number of alkyl halides is 1. The van der Waals surface area contributed by atoms with Crippen LogP contribution in [0.2, 0.25) is 0 Å². The third kappa shape index (κ3) is 3.14. The Morgan fingerprint density at radius 2 is 2.11 bits per heavy atom. The molecule has 1 aromatic heterocycles. The van der Waals surface area contributed by atoms with Crippen LogP contribution in [0, 0.1) is 6.92 Å². The summed E-state index contributed by atoms with van der Waals surface area (Å²) in [5.41, 5.74) is 0.400.